The highest BCUT2D eigenvalue weighted by molar-refractivity contribution is 5.71. The normalized spacial score (nSPS) is 10.1. The van der Waals surface area contributed by atoms with E-state index in [1.807, 2.05) is 13.0 Å². The van der Waals surface area contributed by atoms with E-state index in [1.54, 1.807) is 24.8 Å². The van der Waals surface area contributed by atoms with E-state index in [4.69, 9.17) is 5.73 Å². The van der Waals surface area contributed by atoms with Crippen molar-refractivity contribution in [2.75, 3.05) is 5.73 Å². The zero-order valence-corrected chi connectivity index (χ0v) is 7.81. The van der Waals surface area contributed by atoms with Crippen LogP contribution in [0.3, 0.4) is 0 Å². The van der Waals surface area contributed by atoms with Crippen LogP contribution in [0.5, 0.6) is 0 Å². The maximum Gasteiger partial charge on any atom is 0.113 e. The molecule has 0 bridgehead atoms. The summed E-state index contributed by atoms with van der Waals surface area (Å²) < 4.78 is 0. The third kappa shape index (κ3) is 1.42. The van der Waals surface area contributed by atoms with Gasteiger partial charge in [-0.2, -0.15) is 0 Å². The van der Waals surface area contributed by atoms with Gasteiger partial charge in [0.15, 0.2) is 0 Å². The highest BCUT2D eigenvalue weighted by Crippen LogP contribution is 2.22. The highest BCUT2D eigenvalue weighted by atomic mass is 14.8. The molecule has 0 saturated heterocycles. The minimum absolute atomic E-state index is 0.660. The van der Waals surface area contributed by atoms with Gasteiger partial charge in [0.1, 0.15) is 11.4 Å². The van der Waals surface area contributed by atoms with E-state index in [1.165, 1.54) is 0 Å². The van der Waals surface area contributed by atoms with E-state index < -0.39 is 0 Å². The molecule has 0 aromatic carbocycles. The molecule has 0 aliphatic rings. The zero-order valence-electron chi connectivity index (χ0n) is 7.81. The molecule has 0 saturated carbocycles. The van der Waals surface area contributed by atoms with Crippen molar-refractivity contribution in [1.29, 1.82) is 0 Å². The summed E-state index contributed by atoms with van der Waals surface area (Å²) in [5, 5.41) is 0. The minimum Gasteiger partial charge on any atom is -0.397 e. The first-order valence-electron chi connectivity index (χ1n) is 4.26. The molecule has 0 aliphatic carbocycles. The van der Waals surface area contributed by atoms with Crippen molar-refractivity contribution in [1.82, 2.24) is 15.0 Å². The molecule has 2 rings (SSSR count). The molecule has 70 valence electrons. The summed E-state index contributed by atoms with van der Waals surface area (Å²) in [5.74, 6) is 0. The van der Waals surface area contributed by atoms with Crippen molar-refractivity contribution in [3.63, 3.8) is 0 Å². The van der Waals surface area contributed by atoms with E-state index in [-0.39, 0.29) is 0 Å². The summed E-state index contributed by atoms with van der Waals surface area (Å²) in [4.78, 5) is 12.3. The van der Waals surface area contributed by atoms with Crippen molar-refractivity contribution < 1.29 is 0 Å². The fourth-order valence-corrected chi connectivity index (χ4v) is 1.20. The summed E-state index contributed by atoms with van der Waals surface area (Å²) in [7, 11) is 0. The molecule has 0 amide bonds. The Morgan fingerprint density at radius 1 is 1.14 bits per heavy atom. The molecule has 0 unspecified atom stereocenters. The number of nitrogen functional groups attached to an aromatic ring is 1. The van der Waals surface area contributed by atoms with Crippen molar-refractivity contribution in [2.45, 2.75) is 6.92 Å². The predicted octanol–water partition coefficient (Wildman–Crippen LogP) is 1.43. The maximum absolute atomic E-state index is 5.88. The summed E-state index contributed by atoms with van der Waals surface area (Å²) in [5.41, 5.74) is 8.94. The number of anilines is 1. The van der Waals surface area contributed by atoms with Crippen LogP contribution >= 0.6 is 0 Å². The summed E-state index contributed by atoms with van der Waals surface area (Å²) in [6.07, 6.45) is 6.61. The van der Waals surface area contributed by atoms with Crippen LogP contribution in [0.1, 0.15) is 5.56 Å². The van der Waals surface area contributed by atoms with Crippen LogP contribution < -0.4 is 5.73 Å². The van der Waals surface area contributed by atoms with Crippen LogP contribution in [-0.4, -0.2) is 15.0 Å². The Labute approximate surface area is 81.9 Å². The molecule has 0 fully saturated rings. The monoisotopic (exact) mass is 186 g/mol. The molecular weight excluding hydrogens is 176 g/mol. The molecule has 0 atom stereocenters. The van der Waals surface area contributed by atoms with Gasteiger partial charge in [0, 0.05) is 18.6 Å². The Morgan fingerprint density at radius 3 is 2.71 bits per heavy atom. The molecule has 2 aromatic rings. The van der Waals surface area contributed by atoms with Crippen molar-refractivity contribution in [3.8, 4) is 11.4 Å². The lowest BCUT2D eigenvalue weighted by Gasteiger charge is -2.05. The topological polar surface area (TPSA) is 64.7 Å². The van der Waals surface area contributed by atoms with Gasteiger partial charge in [-0.15, -0.1) is 0 Å². The summed E-state index contributed by atoms with van der Waals surface area (Å²) in [6, 6.07) is 1.87. The Bertz CT molecular complexity index is 439. The lowest BCUT2D eigenvalue weighted by Crippen LogP contribution is -1.97. The van der Waals surface area contributed by atoms with Gasteiger partial charge in [0.05, 0.1) is 11.9 Å². The van der Waals surface area contributed by atoms with Crippen molar-refractivity contribution in [3.05, 3.63) is 36.4 Å². The molecule has 2 N–H and O–H groups in total. The van der Waals surface area contributed by atoms with E-state index in [0.717, 1.165) is 5.56 Å². The van der Waals surface area contributed by atoms with Gasteiger partial charge in [-0.05, 0) is 18.6 Å². The number of aromatic nitrogens is 3. The SMILES string of the molecule is Cc1ccnc(-c2cnccn2)c1N. The van der Waals surface area contributed by atoms with Gasteiger partial charge in [-0.3, -0.25) is 15.0 Å². The Morgan fingerprint density at radius 2 is 2.00 bits per heavy atom. The first-order valence-corrected chi connectivity index (χ1v) is 4.26. The number of hydrogen-bond acceptors (Lipinski definition) is 4. The minimum atomic E-state index is 0.660. The van der Waals surface area contributed by atoms with Crippen LogP contribution in [0.25, 0.3) is 11.4 Å². The van der Waals surface area contributed by atoms with Gasteiger partial charge < -0.3 is 5.73 Å². The lowest BCUT2D eigenvalue weighted by molar-refractivity contribution is 1.17. The number of rotatable bonds is 1. The first-order chi connectivity index (χ1) is 6.79. The van der Waals surface area contributed by atoms with Crippen LogP contribution in [0.4, 0.5) is 5.69 Å². The smallest absolute Gasteiger partial charge is 0.113 e. The van der Waals surface area contributed by atoms with E-state index in [2.05, 4.69) is 15.0 Å². The standard InChI is InChI=1S/C10H10N4/c1-7-2-3-14-10(9(7)11)8-6-12-4-5-13-8/h2-6H,11H2,1H3. The maximum atomic E-state index is 5.88. The molecule has 2 heterocycles. The van der Waals surface area contributed by atoms with Gasteiger partial charge in [-0.1, -0.05) is 0 Å². The van der Waals surface area contributed by atoms with Crippen molar-refractivity contribution >= 4 is 5.69 Å². The zero-order chi connectivity index (χ0) is 9.97. The van der Waals surface area contributed by atoms with Gasteiger partial charge in [-0.25, -0.2) is 0 Å². The molecule has 0 radical (unpaired) electrons. The quantitative estimate of drug-likeness (QED) is 0.731. The third-order valence-corrected chi connectivity index (χ3v) is 2.01. The van der Waals surface area contributed by atoms with E-state index in [0.29, 0.717) is 17.1 Å². The second-order valence-electron chi connectivity index (χ2n) is 2.98. The number of pyridine rings is 1. The Balaban J connectivity index is 2.58. The average Bonchev–Trinajstić information content (AvgIpc) is 2.23. The van der Waals surface area contributed by atoms with Crippen LogP contribution in [-0.2, 0) is 0 Å². The number of aryl methyl sites for hydroxylation is 1. The molecular formula is C10H10N4. The summed E-state index contributed by atoms with van der Waals surface area (Å²) >= 11 is 0. The Hall–Kier alpha value is -1.97. The van der Waals surface area contributed by atoms with Crippen LogP contribution in [0.2, 0.25) is 0 Å². The fraction of sp³-hybridized carbons (Fsp3) is 0.100. The van der Waals surface area contributed by atoms with E-state index in [9.17, 15) is 0 Å². The van der Waals surface area contributed by atoms with Crippen LogP contribution in [0, 0.1) is 6.92 Å². The lowest BCUT2D eigenvalue weighted by atomic mass is 10.1. The average molecular weight is 186 g/mol. The number of nitrogens with two attached hydrogens (primary N) is 1. The largest absolute Gasteiger partial charge is 0.397 e. The summed E-state index contributed by atoms with van der Waals surface area (Å²) in [6.45, 7) is 1.94. The molecule has 4 heteroatoms. The molecule has 0 spiro atoms. The molecule has 4 nitrogen and oxygen atoms in total. The van der Waals surface area contributed by atoms with Gasteiger partial charge in [0.2, 0.25) is 0 Å². The highest BCUT2D eigenvalue weighted by Gasteiger charge is 2.06. The molecule has 2 aromatic heterocycles. The number of nitrogens with zero attached hydrogens (tertiary/aromatic N) is 3. The predicted molar refractivity (Wildman–Crippen MR) is 54.4 cm³/mol. The van der Waals surface area contributed by atoms with Crippen LogP contribution in [0.15, 0.2) is 30.9 Å². The second kappa shape index (κ2) is 3.41. The van der Waals surface area contributed by atoms with E-state index >= 15 is 0 Å². The second-order valence-corrected chi connectivity index (χ2v) is 2.98. The third-order valence-electron chi connectivity index (χ3n) is 2.01. The molecule has 14 heavy (non-hydrogen) atoms. The fourth-order valence-electron chi connectivity index (χ4n) is 1.20. The number of hydrogen-bond donors (Lipinski definition) is 1. The first kappa shape index (κ1) is 8.62. The molecule has 0 aliphatic heterocycles. The Kier molecular flexibility index (Phi) is 2.10. The van der Waals surface area contributed by atoms with Crippen molar-refractivity contribution in [2.24, 2.45) is 0 Å². The van der Waals surface area contributed by atoms with Gasteiger partial charge in [0.25, 0.3) is 0 Å². The van der Waals surface area contributed by atoms with Gasteiger partial charge >= 0.3 is 0 Å².